The van der Waals surface area contributed by atoms with E-state index in [-0.39, 0.29) is 0 Å². The van der Waals surface area contributed by atoms with Crippen LogP contribution in [-0.2, 0) is 16.6 Å². The van der Waals surface area contributed by atoms with Crippen molar-refractivity contribution in [3.63, 3.8) is 0 Å². The molecule has 1 aliphatic carbocycles. The van der Waals surface area contributed by atoms with Crippen molar-refractivity contribution in [1.82, 2.24) is 5.32 Å². The highest BCUT2D eigenvalue weighted by atomic mass is 32.2. The van der Waals surface area contributed by atoms with Crippen LogP contribution in [0, 0.1) is 12.8 Å². The molecule has 2 nitrogen and oxygen atoms in total. The van der Waals surface area contributed by atoms with Crippen LogP contribution in [0.4, 0.5) is 0 Å². The van der Waals surface area contributed by atoms with Crippen molar-refractivity contribution >= 4 is 10.8 Å². The molecule has 1 aromatic carbocycles. The molecule has 0 radical (unpaired) electrons. The summed E-state index contributed by atoms with van der Waals surface area (Å²) >= 11 is 0. The van der Waals surface area contributed by atoms with Gasteiger partial charge in [-0.25, -0.2) is 0 Å². The fourth-order valence-electron chi connectivity index (χ4n) is 3.24. The molecule has 1 aliphatic rings. The number of rotatable bonds is 5. The summed E-state index contributed by atoms with van der Waals surface area (Å²) in [5, 5.41) is 3.69. The highest BCUT2D eigenvalue weighted by Gasteiger charge is 2.32. The van der Waals surface area contributed by atoms with Gasteiger partial charge in [0.25, 0.3) is 0 Å². The average molecular weight is 293 g/mol. The molecule has 1 saturated carbocycles. The molecule has 0 saturated heterocycles. The van der Waals surface area contributed by atoms with Crippen molar-refractivity contribution in [2.45, 2.75) is 56.6 Å². The zero-order valence-electron chi connectivity index (χ0n) is 12.9. The van der Waals surface area contributed by atoms with Gasteiger partial charge in [0.2, 0.25) is 0 Å². The maximum Gasteiger partial charge on any atom is 0.0507 e. The predicted molar refractivity (Wildman–Crippen MR) is 87.3 cm³/mol. The minimum atomic E-state index is -0.782. The molecule has 1 aromatic rings. The van der Waals surface area contributed by atoms with E-state index in [9.17, 15) is 4.21 Å². The van der Waals surface area contributed by atoms with E-state index in [1.54, 1.807) is 0 Å². The van der Waals surface area contributed by atoms with Crippen molar-refractivity contribution in [1.29, 1.82) is 0 Å². The first-order valence-corrected chi connectivity index (χ1v) is 9.12. The van der Waals surface area contributed by atoms with Gasteiger partial charge >= 0.3 is 0 Å². The second-order valence-corrected chi connectivity index (χ2v) is 7.63. The van der Waals surface area contributed by atoms with Gasteiger partial charge in [0, 0.05) is 22.6 Å². The zero-order chi connectivity index (χ0) is 14.5. The van der Waals surface area contributed by atoms with Crippen LogP contribution >= 0.6 is 0 Å². The average Bonchev–Trinajstić information content (AvgIpc) is 2.48. The van der Waals surface area contributed by atoms with Crippen LogP contribution in [0.25, 0.3) is 0 Å². The first kappa shape index (κ1) is 15.7. The molecule has 4 unspecified atom stereocenters. The Morgan fingerprint density at radius 1 is 1.30 bits per heavy atom. The molecule has 0 aromatic heterocycles. The van der Waals surface area contributed by atoms with E-state index in [4.69, 9.17) is 0 Å². The molecule has 0 heterocycles. The van der Waals surface area contributed by atoms with Crippen LogP contribution in [0.3, 0.4) is 0 Å². The quantitative estimate of drug-likeness (QED) is 0.901. The van der Waals surface area contributed by atoms with Gasteiger partial charge in [-0.1, -0.05) is 37.6 Å². The molecular weight excluding hydrogens is 266 g/mol. The number of hydrogen-bond donors (Lipinski definition) is 1. The molecule has 20 heavy (non-hydrogen) atoms. The second-order valence-electron chi connectivity index (χ2n) is 5.97. The molecule has 0 spiro atoms. The van der Waals surface area contributed by atoms with Crippen LogP contribution in [0.5, 0.6) is 0 Å². The summed E-state index contributed by atoms with van der Waals surface area (Å²) in [6.07, 6.45) is 4.77. The van der Waals surface area contributed by atoms with E-state index >= 15 is 0 Å². The molecular formula is C17H27NOS. The minimum absolute atomic E-state index is 0.304. The van der Waals surface area contributed by atoms with E-state index in [0.717, 1.165) is 12.3 Å². The van der Waals surface area contributed by atoms with E-state index in [1.165, 1.54) is 30.4 Å². The lowest BCUT2D eigenvalue weighted by Crippen LogP contribution is -2.45. The number of hydrogen-bond acceptors (Lipinski definition) is 2. The van der Waals surface area contributed by atoms with Gasteiger partial charge in [-0.2, -0.15) is 0 Å². The molecule has 112 valence electrons. The molecule has 1 N–H and O–H groups in total. The standard InChI is InChI=1S/C17H27NOS/c1-4-14-9-10-16(18-3)17(11-14)20(19)12-15-8-6-5-7-13(15)2/h5-8,14,16-18H,4,9-12H2,1-3H3. The monoisotopic (exact) mass is 293 g/mol. The van der Waals surface area contributed by atoms with Crippen LogP contribution < -0.4 is 5.32 Å². The van der Waals surface area contributed by atoms with Crippen molar-refractivity contribution in [3.8, 4) is 0 Å². The van der Waals surface area contributed by atoms with Crippen molar-refractivity contribution in [2.75, 3.05) is 7.05 Å². The van der Waals surface area contributed by atoms with Crippen LogP contribution in [-0.4, -0.2) is 22.5 Å². The third kappa shape index (κ3) is 3.70. The van der Waals surface area contributed by atoms with E-state index < -0.39 is 10.8 Å². The summed E-state index contributed by atoms with van der Waals surface area (Å²) in [5.41, 5.74) is 2.49. The molecule has 0 amide bonds. The van der Waals surface area contributed by atoms with Crippen LogP contribution in [0.2, 0.25) is 0 Å². The Kier molecular flexibility index (Phi) is 5.79. The molecule has 0 aliphatic heterocycles. The Bertz CT molecular complexity index is 460. The summed E-state index contributed by atoms with van der Waals surface area (Å²) in [6, 6.07) is 8.73. The van der Waals surface area contributed by atoms with E-state index in [1.807, 2.05) is 19.2 Å². The van der Waals surface area contributed by atoms with Crippen LogP contribution in [0.15, 0.2) is 24.3 Å². The normalized spacial score (nSPS) is 28.2. The number of nitrogens with one attached hydrogen (secondary N) is 1. The lowest BCUT2D eigenvalue weighted by Gasteiger charge is -2.35. The molecule has 1 fully saturated rings. The lowest BCUT2D eigenvalue weighted by atomic mass is 9.84. The first-order chi connectivity index (χ1) is 9.65. The Balaban J connectivity index is 2.07. The van der Waals surface area contributed by atoms with Gasteiger partial charge in [0.1, 0.15) is 0 Å². The van der Waals surface area contributed by atoms with Gasteiger partial charge in [-0.3, -0.25) is 4.21 Å². The Labute approximate surface area is 125 Å². The highest BCUT2D eigenvalue weighted by molar-refractivity contribution is 7.84. The van der Waals surface area contributed by atoms with Crippen LogP contribution in [0.1, 0.15) is 43.7 Å². The zero-order valence-corrected chi connectivity index (χ0v) is 13.7. The van der Waals surface area contributed by atoms with Gasteiger partial charge in [0.15, 0.2) is 0 Å². The lowest BCUT2D eigenvalue weighted by molar-refractivity contribution is 0.301. The Morgan fingerprint density at radius 3 is 2.70 bits per heavy atom. The smallest absolute Gasteiger partial charge is 0.0507 e. The summed E-state index contributed by atoms with van der Waals surface area (Å²) in [5.74, 6) is 1.46. The molecule has 2 rings (SSSR count). The fourth-order valence-corrected chi connectivity index (χ4v) is 5.21. The third-order valence-corrected chi connectivity index (χ3v) is 6.54. The maximum atomic E-state index is 12.8. The third-order valence-electron chi connectivity index (χ3n) is 4.75. The topological polar surface area (TPSA) is 29.1 Å². The largest absolute Gasteiger partial charge is 0.316 e. The maximum absolute atomic E-state index is 12.8. The summed E-state index contributed by atoms with van der Waals surface area (Å²) in [6.45, 7) is 4.36. The van der Waals surface area contributed by atoms with Gasteiger partial charge in [-0.15, -0.1) is 0 Å². The first-order valence-electron chi connectivity index (χ1n) is 7.74. The van der Waals surface area contributed by atoms with Crippen molar-refractivity contribution in [3.05, 3.63) is 35.4 Å². The summed E-state index contributed by atoms with van der Waals surface area (Å²) < 4.78 is 12.8. The SMILES string of the molecule is CCC1CCC(NC)C(S(=O)Cc2ccccc2C)C1. The van der Waals surface area contributed by atoms with E-state index in [2.05, 4.69) is 31.3 Å². The molecule has 4 atom stereocenters. The minimum Gasteiger partial charge on any atom is -0.316 e. The van der Waals surface area contributed by atoms with Gasteiger partial charge < -0.3 is 5.32 Å². The van der Waals surface area contributed by atoms with Crippen molar-refractivity contribution < 1.29 is 4.21 Å². The summed E-state index contributed by atoms with van der Waals surface area (Å²) in [7, 11) is 1.23. The van der Waals surface area contributed by atoms with Crippen molar-refractivity contribution in [2.24, 2.45) is 5.92 Å². The van der Waals surface area contributed by atoms with E-state index in [0.29, 0.717) is 17.0 Å². The molecule has 3 heteroatoms. The summed E-state index contributed by atoms with van der Waals surface area (Å²) in [4.78, 5) is 0. The highest BCUT2D eigenvalue weighted by Crippen LogP contribution is 2.31. The molecule has 0 bridgehead atoms. The fraction of sp³-hybridized carbons (Fsp3) is 0.647. The predicted octanol–water partition coefficient (Wildman–Crippen LogP) is 3.41. The van der Waals surface area contributed by atoms with Gasteiger partial charge in [0.05, 0.1) is 5.25 Å². The number of aryl methyl sites for hydroxylation is 1. The Hall–Kier alpha value is -0.670. The Morgan fingerprint density at radius 2 is 2.05 bits per heavy atom. The number of benzene rings is 1. The second kappa shape index (κ2) is 7.37. The van der Waals surface area contributed by atoms with Gasteiger partial charge in [-0.05, 0) is 50.3 Å².